The van der Waals surface area contributed by atoms with Crippen molar-refractivity contribution in [2.45, 2.75) is 31.2 Å². The fourth-order valence-corrected chi connectivity index (χ4v) is 3.57. The number of nitrogens with two attached hydrogens (primary N) is 1. The van der Waals surface area contributed by atoms with Gasteiger partial charge in [-0.05, 0) is 0 Å². The van der Waals surface area contributed by atoms with Crippen molar-refractivity contribution in [2.24, 2.45) is 5.73 Å². The minimum absolute atomic E-state index is 0. The molecule has 1 aromatic rings. The van der Waals surface area contributed by atoms with Crippen molar-refractivity contribution in [1.29, 1.82) is 0 Å². The van der Waals surface area contributed by atoms with Gasteiger partial charge in [0.1, 0.15) is 0 Å². The van der Waals surface area contributed by atoms with Gasteiger partial charge in [0.15, 0.2) is 0 Å². The van der Waals surface area contributed by atoms with Crippen molar-refractivity contribution >= 4 is 36.7 Å². The number of benzene rings is 1. The fourth-order valence-electron chi connectivity index (χ4n) is 1.27. The first-order valence-corrected chi connectivity index (χ1v) is 10.4. The molecule has 0 aromatic heterocycles. The van der Waals surface area contributed by atoms with Gasteiger partial charge in [0.25, 0.3) is 0 Å². The third kappa shape index (κ3) is 14.2. The molecule has 0 aliphatic carbocycles. The number of thiocarbonyl (C=S) groups is 1. The van der Waals surface area contributed by atoms with Crippen molar-refractivity contribution in [1.82, 2.24) is 0 Å². The average Bonchev–Trinajstić information content (AvgIpc) is 2.41. The Labute approximate surface area is 132 Å². The van der Waals surface area contributed by atoms with Gasteiger partial charge in [0.2, 0.25) is 0 Å². The maximum atomic E-state index is 8.93. The monoisotopic (exact) mass is 389 g/mol. The zero-order chi connectivity index (χ0) is 14.9. The topological polar surface area (TPSA) is 72.1 Å². The maximum absolute atomic E-state index is 8.93. The molecule has 1 aromatic carbocycles. The van der Waals surface area contributed by atoms with Crippen LogP contribution in [0.4, 0.5) is 0 Å². The van der Waals surface area contributed by atoms with Gasteiger partial charge in [0.05, 0.1) is 0 Å². The van der Waals surface area contributed by atoms with Crippen LogP contribution >= 0.6 is 12.2 Å². The van der Waals surface area contributed by atoms with E-state index in [2.05, 4.69) is 18.2 Å². The molecule has 0 bridgehead atoms. The Morgan fingerprint density at radius 3 is 2.05 bits per heavy atom. The molecule has 0 fully saturated rings. The Hall–Kier alpha value is -0.0113. The molecule has 19 heavy (non-hydrogen) atoms. The SMILES string of the molecule is CC[O-].CC[O-].NCc1ccccc1C[CH2][Sn+2][CH]=S. The Morgan fingerprint density at radius 1 is 1.16 bits per heavy atom. The van der Waals surface area contributed by atoms with Gasteiger partial charge >= 0.3 is 95.3 Å². The van der Waals surface area contributed by atoms with E-state index in [0.29, 0.717) is 6.54 Å². The van der Waals surface area contributed by atoms with Crippen molar-refractivity contribution in [3.63, 3.8) is 0 Å². The van der Waals surface area contributed by atoms with Crippen LogP contribution in [-0.4, -0.2) is 37.7 Å². The predicted molar refractivity (Wildman–Crippen MR) is 83.3 cm³/mol. The Morgan fingerprint density at radius 2 is 1.63 bits per heavy atom. The number of hydrogen-bond donors (Lipinski definition) is 1. The van der Waals surface area contributed by atoms with Crippen LogP contribution in [0, 0.1) is 0 Å². The summed E-state index contributed by atoms with van der Waals surface area (Å²) in [6.45, 7) is 3.79. The van der Waals surface area contributed by atoms with Crippen LogP contribution in [0.2, 0.25) is 4.44 Å². The van der Waals surface area contributed by atoms with Gasteiger partial charge in [-0.25, -0.2) is 0 Å². The summed E-state index contributed by atoms with van der Waals surface area (Å²) in [7, 11) is 0. The van der Waals surface area contributed by atoms with Crippen LogP contribution in [-0.2, 0) is 13.0 Å². The van der Waals surface area contributed by atoms with Crippen molar-refractivity contribution in [2.75, 3.05) is 13.2 Å². The summed E-state index contributed by atoms with van der Waals surface area (Å²) in [4.78, 5) is 0. The molecule has 2 N–H and O–H groups in total. The van der Waals surface area contributed by atoms with E-state index in [1.165, 1.54) is 15.6 Å². The summed E-state index contributed by atoms with van der Waals surface area (Å²) in [5, 5.41) is 17.9. The van der Waals surface area contributed by atoms with Gasteiger partial charge in [-0.15, -0.1) is 13.2 Å². The second-order valence-corrected chi connectivity index (χ2v) is 8.22. The molecule has 5 heteroatoms. The molecule has 0 saturated heterocycles. The van der Waals surface area contributed by atoms with Gasteiger partial charge in [-0.3, -0.25) is 0 Å². The Bertz CT molecular complexity index is 309. The Kier molecular flexibility index (Phi) is 20.2. The van der Waals surface area contributed by atoms with Crippen LogP contribution in [0.25, 0.3) is 0 Å². The van der Waals surface area contributed by atoms with E-state index in [1.54, 1.807) is 13.8 Å². The third-order valence-corrected chi connectivity index (χ3v) is 5.09. The normalized spacial score (nSPS) is 8.26. The number of aryl methyl sites for hydroxylation is 1. The average molecular weight is 388 g/mol. The van der Waals surface area contributed by atoms with E-state index >= 15 is 0 Å². The summed E-state index contributed by atoms with van der Waals surface area (Å²) in [6, 6.07) is 8.41. The third-order valence-electron chi connectivity index (χ3n) is 1.96. The number of hydrogen-bond acceptors (Lipinski definition) is 4. The van der Waals surface area contributed by atoms with E-state index < -0.39 is 0 Å². The van der Waals surface area contributed by atoms with E-state index in [1.807, 2.05) is 9.45 Å². The first-order valence-electron chi connectivity index (χ1n) is 6.31. The van der Waals surface area contributed by atoms with E-state index in [9.17, 15) is 0 Å². The summed E-state index contributed by atoms with van der Waals surface area (Å²) >= 11 is 4.51. The molecule has 0 aliphatic rings. The quantitative estimate of drug-likeness (QED) is 0.453. The van der Waals surface area contributed by atoms with Crippen LogP contribution in [0.15, 0.2) is 24.3 Å². The summed E-state index contributed by atoms with van der Waals surface area (Å²) in [5.74, 6) is 0. The van der Waals surface area contributed by atoms with Gasteiger partial charge in [-0.1, -0.05) is 13.8 Å². The fraction of sp³-hybridized carbons (Fsp3) is 0.500. The summed E-state index contributed by atoms with van der Waals surface area (Å²) in [5.41, 5.74) is 8.33. The standard InChI is InChI=1S/C9H12N.2C2H5O.CHS.Sn/c1-2-8-5-3-4-6-9(8)7-10;2*1-2-3;1-2;/h3-6H,1-2,7,10H2;2*2H2,1H3;1H;/q;2*-1;;+2. The van der Waals surface area contributed by atoms with Crippen LogP contribution < -0.4 is 15.9 Å². The molecule has 3 nitrogen and oxygen atoms in total. The molecule has 0 saturated carbocycles. The zero-order valence-electron chi connectivity index (χ0n) is 11.7. The summed E-state index contributed by atoms with van der Waals surface area (Å²) in [6.07, 6.45) is 1.16. The molecule has 0 unspecified atom stereocenters. The molecule has 0 amide bonds. The van der Waals surface area contributed by atoms with E-state index in [0.717, 1.165) is 6.42 Å². The zero-order valence-corrected chi connectivity index (χ0v) is 15.4. The molecule has 0 radical (unpaired) electrons. The molecule has 0 atom stereocenters. The van der Waals surface area contributed by atoms with Gasteiger partial charge < -0.3 is 10.2 Å². The van der Waals surface area contributed by atoms with Crippen LogP contribution in [0.3, 0.4) is 0 Å². The first kappa shape index (κ1) is 21.3. The minimum atomic E-state index is -0.344. The molecule has 106 valence electrons. The van der Waals surface area contributed by atoms with Gasteiger partial charge in [0, 0.05) is 0 Å². The summed E-state index contributed by atoms with van der Waals surface area (Å²) < 4.78 is 3.26. The molecular weight excluding hydrogens is 365 g/mol. The van der Waals surface area contributed by atoms with E-state index in [4.69, 9.17) is 28.2 Å². The van der Waals surface area contributed by atoms with Crippen LogP contribution in [0.5, 0.6) is 0 Å². The van der Waals surface area contributed by atoms with Crippen molar-refractivity contribution in [3.8, 4) is 0 Å². The molecular formula is C14H23NO2SSn. The van der Waals surface area contributed by atoms with Crippen molar-refractivity contribution < 1.29 is 10.2 Å². The van der Waals surface area contributed by atoms with Crippen molar-refractivity contribution in [3.05, 3.63) is 35.4 Å². The molecule has 0 aliphatic heterocycles. The second-order valence-electron chi connectivity index (χ2n) is 3.37. The first-order chi connectivity index (χ1) is 9.21. The van der Waals surface area contributed by atoms with Gasteiger partial charge in [-0.2, -0.15) is 0 Å². The Balaban J connectivity index is 0. The molecule has 0 spiro atoms. The molecule has 0 heterocycles. The molecule has 1 rings (SSSR count). The second kappa shape index (κ2) is 18.0. The number of rotatable bonds is 5. The predicted octanol–water partition coefficient (Wildman–Crippen LogP) is 0.501. The van der Waals surface area contributed by atoms with Crippen LogP contribution in [0.1, 0.15) is 25.0 Å². The van der Waals surface area contributed by atoms with E-state index in [-0.39, 0.29) is 34.4 Å².